The third kappa shape index (κ3) is 3.97. The van der Waals surface area contributed by atoms with Crippen molar-refractivity contribution in [3.8, 4) is 0 Å². The maximum atomic E-state index is 10.1. The van der Waals surface area contributed by atoms with E-state index in [2.05, 4.69) is 0 Å². The number of carboxylic acid groups (broad SMARTS) is 1. The van der Waals surface area contributed by atoms with Crippen LogP contribution in [0, 0.1) is 5.92 Å². The first-order valence-corrected chi connectivity index (χ1v) is 5.32. The summed E-state index contributed by atoms with van der Waals surface area (Å²) in [6, 6.07) is 0. The molecule has 0 aromatic heterocycles. The summed E-state index contributed by atoms with van der Waals surface area (Å²) < 4.78 is 4.95. The molecule has 70 valence electrons. The van der Waals surface area contributed by atoms with E-state index in [-0.39, 0.29) is 6.61 Å². The van der Waals surface area contributed by atoms with E-state index >= 15 is 0 Å². The summed E-state index contributed by atoms with van der Waals surface area (Å²) in [6.45, 7) is 0.442. The maximum absolute atomic E-state index is 10.1. The van der Waals surface area contributed by atoms with Crippen LogP contribution in [0.1, 0.15) is 12.8 Å². The summed E-state index contributed by atoms with van der Waals surface area (Å²) in [5, 5.41) is 8.28. The molecule has 0 aromatic carbocycles. The molecule has 12 heavy (non-hydrogen) atoms. The van der Waals surface area contributed by atoms with Gasteiger partial charge in [0.05, 0.1) is 0 Å². The molecule has 0 aliphatic carbocycles. The summed E-state index contributed by atoms with van der Waals surface area (Å²) in [5.74, 6) is 2.35. The van der Waals surface area contributed by atoms with Crippen molar-refractivity contribution in [1.29, 1.82) is 0 Å². The molecule has 1 saturated heterocycles. The lowest BCUT2D eigenvalue weighted by Crippen LogP contribution is -2.10. The van der Waals surface area contributed by atoms with E-state index in [1.807, 2.05) is 11.8 Å². The van der Waals surface area contributed by atoms with Gasteiger partial charge >= 0.3 is 5.97 Å². The van der Waals surface area contributed by atoms with E-state index < -0.39 is 5.97 Å². The topological polar surface area (TPSA) is 46.5 Å². The molecule has 1 aliphatic heterocycles. The highest BCUT2D eigenvalue weighted by molar-refractivity contribution is 7.99. The third-order valence-corrected chi connectivity index (χ3v) is 3.15. The molecule has 0 aromatic rings. The zero-order valence-corrected chi connectivity index (χ0v) is 7.81. The Hall–Kier alpha value is -0.220. The molecule has 0 amide bonds. The number of thioether (sulfide) groups is 1. The Kier molecular flexibility index (Phi) is 4.46. The first-order valence-electron chi connectivity index (χ1n) is 4.16. The van der Waals surface area contributed by atoms with Crippen LogP contribution >= 0.6 is 11.8 Å². The Morgan fingerprint density at radius 3 is 3.08 bits per heavy atom. The van der Waals surface area contributed by atoms with E-state index in [1.165, 1.54) is 17.9 Å². The zero-order valence-electron chi connectivity index (χ0n) is 6.99. The number of hydrogen-bond acceptors (Lipinski definition) is 3. The van der Waals surface area contributed by atoms with Gasteiger partial charge in [-0.15, -0.1) is 0 Å². The molecule has 1 N–H and O–H groups in total. The van der Waals surface area contributed by atoms with Crippen molar-refractivity contribution in [2.45, 2.75) is 12.8 Å². The van der Waals surface area contributed by atoms with Crippen LogP contribution in [-0.4, -0.2) is 35.8 Å². The minimum absolute atomic E-state index is 0.153. The van der Waals surface area contributed by atoms with Gasteiger partial charge in [0.2, 0.25) is 0 Å². The summed E-state index contributed by atoms with van der Waals surface area (Å²) in [4.78, 5) is 10.1. The van der Waals surface area contributed by atoms with Crippen LogP contribution < -0.4 is 0 Å². The molecule has 3 nitrogen and oxygen atoms in total. The van der Waals surface area contributed by atoms with Gasteiger partial charge in [-0.1, -0.05) is 0 Å². The molecule has 0 spiro atoms. The Morgan fingerprint density at radius 1 is 1.67 bits per heavy atom. The van der Waals surface area contributed by atoms with Crippen LogP contribution in [0.3, 0.4) is 0 Å². The van der Waals surface area contributed by atoms with E-state index in [9.17, 15) is 4.79 Å². The van der Waals surface area contributed by atoms with Crippen LogP contribution in [0.5, 0.6) is 0 Å². The van der Waals surface area contributed by atoms with Crippen LogP contribution in [0.2, 0.25) is 0 Å². The first kappa shape index (κ1) is 9.86. The number of rotatable bonds is 5. The van der Waals surface area contributed by atoms with Crippen molar-refractivity contribution in [2.24, 2.45) is 5.92 Å². The minimum atomic E-state index is -0.879. The van der Waals surface area contributed by atoms with Gasteiger partial charge in [-0.05, 0) is 30.3 Å². The monoisotopic (exact) mass is 190 g/mol. The van der Waals surface area contributed by atoms with Gasteiger partial charge in [0.25, 0.3) is 0 Å². The molecule has 1 aliphatic rings. The second-order valence-corrected chi connectivity index (χ2v) is 4.11. The standard InChI is InChI=1S/C8H14O3S/c9-8(10)5-11-3-1-7-2-4-12-6-7/h7H,1-6H2,(H,9,10). The molecular weight excluding hydrogens is 176 g/mol. The van der Waals surface area contributed by atoms with Gasteiger partial charge in [-0.25, -0.2) is 4.79 Å². The third-order valence-electron chi connectivity index (χ3n) is 1.92. The molecule has 1 heterocycles. The van der Waals surface area contributed by atoms with E-state index in [0.717, 1.165) is 12.3 Å². The lowest BCUT2D eigenvalue weighted by molar-refractivity contribution is -0.142. The van der Waals surface area contributed by atoms with Crippen LogP contribution in [0.25, 0.3) is 0 Å². The SMILES string of the molecule is O=C(O)COCCC1CCSC1. The smallest absolute Gasteiger partial charge is 0.329 e. The fourth-order valence-electron chi connectivity index (χ4n) is 1.22. The lowest BCUT2D eigenvalue weighted by atomic mass is 10.1. The second-order valence-electron chi connectivity index (χ2n) is 2.96. The molecule has 1 unspecified atom stereocenters. The number of carboxylic acids is 1. The van der Waals surface area contributed by atoms with Gasteiger partial charge in [0.15, 0.2) is 0 Å². The second kappa shape index (κ2) is 5.43. The van der Waals surface area contributed by atoms with Crippen molar-refractivity contribution in [2.75, 3.05) is 24.7 Å². The maximum Gasteiger partial charge on any atom is 0.329 e. The van der Waals surface area contributed by atoms with Crippen molar-refractivity contribution in [1.82, 2.24) is 0 Å². The zero-order chi connectivity index (χ0) is 8.81. The highest BCUT2D eigenvalue weighted by atomic mass is 32.2. The summed E-state index contributed by atoms with van der Waals surface area (Å²) >= 11 is 1.97. The Morgan fingerprint density at radius 2 is 2.50 bits per heavy atom. The van der Waals surface area contributed by atoms with Gasteiger partial charge < -0.3 is 9.84 Å². The number of aliphatic carboxylic acids is 1. The molecule has 1 atom stereocenters. The number of ether oxygens (including phenoxy) is 1. The highest BCUT2D eigenvalue weighted by Gasteiger charge is 2.14. The van der Waals surface area contributed by atoms with Gasteiger partial charge in [-0.3, -0.25) is 0 Å². The quantitative estimate of drug-likeness (QED) is 0.662. The molecular formula is C8H14O3S. The Labute approximate surface area is 76.5 Å². The van der Waals surface area contributed by atoms with E-state index in [0.29, 0.717) is 6.61 Å². The Bertz CT molecular complexity index is 143. The molecule has 0 saturated carbocycles. The number of carbonyl (C=O) groups is 1. The van der Waals surface area contributed by atoms with Crippen LogP contribution in [0.15, 0.2) is 0 Å². The summed E-state index contributed by atoms with van der Waals surface area (Å²) in [5.41, 5.74) is 0. The normalized spacial score (nSPS) is 22.8. The fraction of sp³-hybridized carbons (Fsp3) is 0.875. The van der Waals surface area contributed by atoms with E-state index in [4.69, 9.17) is 9.84 Å². The van der Waals surface area contributed by atoms with Crippen molar-refractivity contribution >= 4 is 17.7 Å². The van der Waals surface area contributed by atoms with Crippen molar-refractivity contribution in [3.63, 3.8) is 0 Å². The molecule has 0 bridgehead atoms. The van der Waals surface area contributed by atoms with Gasteiger partial charge in [0, 0.05) is 6.61 Å². The van der Waals surface area contributed by atoms with Crippen molar-refractivity contribution < 1.29 is 14.6 Å². The molecule has 4 heteroatoms. The van der Waals surface area contributed by atoms with Gasteiger partial charge in [-0.2, -0.15) is 11.8 Å². The summed E-state index contributed by atoms with van der Waals surface area (Å²) in [6.07, 6.45) is 2.28. The fourth-order valence-corrected chi connectivity index (χ4v) is 2.55. The summed E-state index contributed by atoms with van der Waals surface area (Å²) in [7, 11) is 0. The van der Waals surface area contributed by atoms with Gasteiger partial charge in [0.1, 0.15) is 6.61 Å². The highest BCUT2D eigenvalue weighted by Crippen LogP contribution is 2.25. The first-order chi connectivity index (χ1) is 5.79. The molecule has 1 fully saturated rings. The molecule has 1 rings (SSSR count). The van der Waals surface area contributed by atoms with Crippen molar-refractivity contribution in [3.05, 3.63) is 0 Å². The minimum Gasteiger partial charge on any atom is -0.480 e. The predicted molar refractivity (Wildman–Crippen MR) is 48.5 cm³/mol. The van der Waals surface area contributed by atoms with Crippen LogP contribution in [0.4, 0.5) is 0 Å². The Balaban J connectivity index is 1.91. The predicted octanol–water partition coefficient (Wildman–Crippen LogP) is 1.23. The average Bonchev–Trinajstić information content (AvgIpc) is 2.49. The number of hydrogen-bond donors (Lipinski definition) is 1. The lowest BCUT2D eigenvalue weighted by Gasteiger charge is -2.06. The van der Waals surface area contributed by atoms with E-state index in [1.54, 1.807) is 0 Å². The molecule has 0 radical (unpaired) electrons. The average molecular weight is 190 g/mol. The van der Waals surface area contributed by atoms with Crippen LogP contribution in [-0.2, 0) is 9.53 Å². The largest absolute Gasteiger partial charge is 0.480 e.